The highest BCUT2D eigenvalue weighted by Gasteiger charge is 2.40. The van der Waals surface area contributed by atoms with Crippen LogP contribution in [-0.2, 0) is 16.1 Å². The first-order chi connectivity index (χ1) is 14.1. The molecule has 0 radical (unpaired) electrons. The minimum Gasteiger partial charge on any atom is -0.502 e. The number of amides is 2. The third-order valence-electron chi connectivity index (χ3n) is 5.45. The molecular weight excluding hydrogens is 364 g/mol. The molecule has 0 bridgehead atoms. The number of aliphatic hydroxyl groups is 1. The second-order valence-corrected chi connectivity index (χ2v) is 7.00. The lowest BCUT2D eigenvalue weighted by atomic mass is 10.1. The molecule has 1 N–H and O–H groups in total. The fourth-order valence-electron chi connectivity index (χ4n) is 4.14. The fourth-order valence-corrected chi connectivity index (χ4v) is 4.14. The number of benzene rings is 3. The molecule has 29 heavy (non-hydrogen) atoms. The number of aliphatic hydroxyl groups excluding tert-OH is 1. The molecule has 0 atom stereocenters. The second-order valence-electron chi connectivity index (χ2n) is 7.00. The van der Waals surface area contributed by atoms with E-state index in [0.717, 1.165) is 33.3 Å². The Morgan fingerprint density at radius 1 is 0.793 bits per heavy atom. The van der Waals surface area contributed by atoms with Crippen molar-refractivity contribution in [2.24, 2.45) is 0 Å². The van der Waals surface area contributed by atoms with Crippen molar-refractivity contribution < 1.29 is 14.7 Å². The molecule has 142 valence electrons. The number of aromatic nitrogens is 1. The van der Waals surface area contributed by atoms with Gasteiger partial charge in [0.15, 0.2) is 5.76 Å². The van der Waals surface area contributed by atoms with Crippen molar-refractivity contribution in [1.82, 2.24) is 4.57 Å². The van der Waals surface area contributed by atoms with Gasteiger partial charge in [0, 0.05) is 28.4 Å². The van der Waals surface area contributed by atoms with Crippen LogP contribution in [0.25, 0.3) is 27.4 Å². The van der Waals surface area contributed by atoms with Crippen LogP contribution in [-0.4, -0.2) is 21.5 Å². The van der Waals surface area contributed by atoms with Gasteiger partial charge in [-0.15, -0.1) is 0 Å². The van der Waals surface area contributed by atoms with E-state index >= 15 is 0 Å². The number of rotatable bonds is 3. The van der Waals surface area contributed by atoms with Gasteiger partial charge in [0.05, 0.1) is 11.3 Å². The maximum atomic E-state index is 13.1. The molecule has 3 aromatic carbocycles. The monoisotopic (exact) mass is 382 g/mol. The first-order valence-corrected chi connectivity index (χ1v) is 9.50. The van der Waals surface area contributed by atoms with Gasteiger partial charge >= 0.3 is 5.91 Å². The van der Waals surface area contributed by atoms with Gasteiger partial charge in [-0.05, 0) is 36.8 Å². The Balaban J connectivity index is 1.66. The third kappa shape index (κ3) is 2.41. The fraction of sp³-hybridized carbons (Fsp3) is 0.0833. The zero-order valence-electron chi connectivity index (χ0n) is 15.8. The maximum Gasteiger partial charge on any atom is 0.301 e. The van der Waals surface area contributed by atoms with E-state index in [0.29, 0.717) is 11.3 Å². The van der Waals surface area contributed by atoms with E-state index in [1.54, 1.807) is 30.3 Å². The summed E-state index contributed by atoms with van der Waals surface area (Å²) in [5.74, 6) is -1.73. The molecule has 2 heterocycles. The summed E-state index contributed by atoms with van der Waals surface area (Å²) in [5, 5.41) is 12.4. The van der Waals surface area contributed by atoms with E-state index in [2.05, 4.69) is 17.6 Å². The number of carbonyl (C=O) groups excluding carboxylic acids is 2. The lowest BCUT2D eigenvalue weighted by Crippen LogP contribution is -2.31. The lowest BCUT2D eigenvalue weighted by molar-refractivity contribution is -0.121. The van der Waals surface area contributed by atoms with E-state index in [4.69, 9.17) is 0 Å². The summed E-state index contributed by atoms with van der Waals surface area (Å²) < 4.78 is 2.20. The van der Waals surface area contributed by atoms with E-state index in [1.807, 2.05) is 36.4 Å². The smallest absolute Gasteiger partial charge is 0.301 e. The van der Waals surface area contributed by atoms with Gasteiger partial charge in [0.1, 0.15) is 0 Å². The number of aryl methyl sites for hydroxylation is 1. The number of carbonyl (C=O) groups is 2. The Morgan fingerprint density at radius 2 is 1.48 bits per heavy atom. The number of hydrogen-bond acceptors (Lipinski definition) is 3. The van der Waals surface area contributed by atoms with Crippen LogP contribution >= 0.6 is 0 Å². The molecule has 4 aromatic rings. The van der Waals surface area contributed by atoms with E-state index in [-0.39, 0.29) is 5.57 Å². The van der Waals surface area contributed by atoms with Crippen LogP contribution in [0.1, 0.15) is 12.5 Å². The Morgan fingerprint density at radius 3 is 2.24 bits per heavy atom. The van der Waals surface area contributed by atoms with Gasteiger partial charge < -0.3 is 9.67 Å². The Bertz CT molecular complexity index is 1330. The highest BCUT2D eigenvalue weighted by molar-refractivity contribution is 6.45. The summed E-state index contributed by atoms with van der Waals surface area (Å²) in [6.07, 6.45) is 0. The first kappa shape index (κ1) is 17.3. The van der Waals surface area contributed by atoms with Crippen LogP contribution in [0.3, 0.4) is 0 Å². The van der Waals surface area contributed by atoms with Crippen LogP contribution in [0, 0.1) is 0 Å². The Hall–Kier alpha value is -3.86. The van der Waals surface area contributed by atoms with Gasteiger partial charge in [-0.3, -0.25) is 9.59 Å². The zero-order valence-corrected chi connectivity index (χ0v) is 15.8. The maximum absolute atomic E-state index is 13.1. The minimum atomic E-state index is -0.701. The average molecular weight is 382 g/mol. The quantitative estimate of drug-likeness (QED) is 0.524. The summed E-state index contributed by atoms with van der Waals surface area (Å²) in [7, 11) is 0. The molecule has 2 amide bonds. The molecule has 0 spiro atoms. The van der Waals surface area contributed by atoms with Gasteiger partial charge in [0.25, 0.3) is 5.91 Å². The van der Waals surface area contributed by atoms with E-state index in [9.17, 15) is 14.7 Å². The molecule has 0 unspecified atom stereocenters. The molecule has 0 saturated heterocycles. The van der Waals surface area contributed by atoms with Crippen molar-refractivity contribution in [3.63, 3.8) is 0 Å². The molecule has 5 nitrogen and oxygen atoms in total. The summed E-state index contributed by atoms with van der Waals surface area (Å²) in [6.45, 7) is 2.90. The Kier molecular flexibility index (Phi) is 3.77. The number of fused-ring (bicyclic) bond motifs is 3. The van der Waals surface area contributed by atoms with Crippen LogP contribution in [0.5, 0.6) is 0 Å². The molecular formula is C24H18N2O3. The standard InChI is InChI=1S/C24H18N2O3/c1-2-25-19-11-7-6-10-17(19)18-14-16(12-13-20(18)25)26-23(28)21(22(27)24(26)29)15-8-4-3-5-9-15/h3-14,27H,2H2,1H3. The first-order valence-electron chi connectivity index (χ1n) is 9.50. The molecule has 0 aliphatic carbocycles. The van der Waals surface area contributed by atoms with Crippen molar-refractivity contribution in [3.05, 3.63) is 84.1 Å². The number of imide groups is 1. The van der Waals surface area contributed by atoms with Crippen molar-refractivity contribution in [2.45, 2.75) is 13.5 Å². The molecule has 5 heteroatoms. The minimum absolute atomic E-state index is 0.0340. The van der Waals surface area contributed by atoms with Gasteiger partial charge in [-0.25, -0.2) is 4.90 Å². The van der Waals surface area contributed by atoms with E-state index in [1.165, 1.54) is 0 Å². The average Bonchev–Trinajstić information content (AvgIpc) is 3.19. The van der Waals surface area contributed by atoms with Crippen molar-refractivity contribution in [3.8, 4) is 0 Å². The van der Waals surface area contributed by atoms with Crippen molar-refractivity contribution in [1.29, 1.82) is 0 Å². The van der Waals surface area contributed by atoms with E-state index < -0.39 is 17.6 Å². The summed E-state index contributed by atoms with van der Waals surface area (Å²) >= 11 is 0. The summed E-state index contributed by atoms with van der Waals surface area (Å²) in [4.78, 5) is 26.9. The van der Waals surface area contributed by atoms with Crippen LogP contribution in [0.2, 0.25) is 0 Å². The van der Waals surface area contributed by atoms with Crippen LogP contribution in [0.4, 0.5) is 5.69 Å². The number of para-hydroxylation sites is 1. The molecule has 1 aromatic heterocycles. The third-order valence-corrected chi connectivity index (χ3v) is 5.45. The van der Waals surface area contributed by atoms with Crippen LogP contribution in [0.15, 0.2) is 78.6 Å². The van der Waals surface area contributed by atoms with Crippen molar-refractivity contribution >= 4 is 44.9 Å². The normalized spacial score (nSPS) is 14.6. The molecule has 0 saturated carbocycles. The largest absolute Gasteiger partial charge is 0.502 e. The molecule has 1 aliphatic heterocycles. The summed E-state index contributed by atoms with van der Waals surface area (Å²) in [5.41, 5.74) is 3.15. The zero-order chi connectivity index (χ0) is 20.1. The topological polar surface area (TPSA) is 62.5 Å². The second kappa shape index (κ2) is 6.34. The van der Waals surface area contributed by atoms with Crippen molar-refractivity contribution in [2.75, 3.05) is 4.90 Å². The predicted octanol–water partition coefficient (Wildman–Crippen LogP) is 4.66. The Labute approximate surface area is 167 Å². The highest BCUT2D eigenvalue weighted by Crippen LogP contribution is 2.36. The summed E-state index contributed by atoms with van der Waals surface area (Å²) in [6, 6.07) is 22.4. The number of anilines is 1. The van der Waals surface area contributed by atoms with Gasteiger partial charge in [-0.2, -0.15) is 0 Å². The van der Waals surface area contributed by atoms with Gasteiger partial charge in [0.2, 0.25) is 0 Å². The van der Waals surface area contributed by atoms with Crippen LogP contribution < -0.4 is 4.90 Å². The highest BCUT2D eigenvalue weighted by atomic mass is 16.3. The lowest BCUT2D eigenvalue weighted by Gasteiger charge is -2.15. The molecule has 1 aliphatic rings. The van der Waals surface area contributed by atoms with Gasteiger partial charge in [-0.1, -0.05) is 48.5 Å². The number of hydrogen-bond donors (Lipinski definition) is 1. The predicted molar refractivity (Wildman–Crippen MR) is 114 cm³/mol. The molecule has 0 fully saturated rings. The molecule has 5 rings (SSSR count). The SMILES string of the molecule is CCn1c2ccccc2c2cc(N3C(=O)C(O)=C(c4ccccc4)C3=O)ccc21. The number of nitrogens with zero attached hydrogens (tertiary/aromatic N) is 2.